The second kappa shape index (κ2) is 7.69. The topological polar surface area (TPSA) is 32.8 Å². The van der Waals surface area contributed by atoms with Crippen molar-refractivity contribution in [2.24, 2.45) is 5.92 Å². The zero-order chi connectivity index (χ0) is 18.8. The fourth-order valence-electron chi connectivity index (χ4n) is 4.33. The predicted octanol–water partition coefficient (Wildman–Crippen LogP) is 3.57. The van der Waals surface area contributed by atoms with E-state index in [1.807, 2.05) is 17.0 Å². The molecule has 4 nitrogen and oxygen atoms in total. The molecule has 0 spiro atoms. The van der Waals surface area contributed by atoms with Crippen molar-refractivity contribution in [2.75, 3.05) is 26.7 Å². The fourth-order valence-corrected chi connectivity index (χ4v) is 4.33. The molecule has 0 N–H and O–H groups in total. The van der Waals surface area contributed by atoms with Gasteiger partial charge in [-0.25, -0.2) is 4.39 Å². The average molecular weight is 368 g/mol. The van der Waals surface area contributed by atoms with E-state index < -0.39 is 0 Å². The number of amides is 1. The molecule has 2 aromatic rings. The molecule has 0 aromatic heterocycles. The highest BCUT2D eigenvalue weighted by Crippen LogP contribution is 2.30. The van der Waals surface area contributed by atoms with Crippen molar-refractivity contribution >= 4 is 5.91 Å². The Morgan fingerprint density at radius 3 is 2.67 bits per heavy atom. The maximum absolute atomic E-state index is 13.5. The summed E-state index contributed by atoms with van der Waals surface area (Å²) in [7, 11) is 1.67. The first-order chi connectivity index (χ1) is 13.1. The van der Waals surface area contributed by atoms with Crippen molar-refractivity contribution in [3.8, 4) is 5.75 Å². The molecule has 5 rings (SSSR count). The standard InChI is InChI=1S/C22H25FN2O2/c1-27-21-9-6-16(7-10-21)12-24-13-17-5-8-20(15-24)25(14-17)22(26)18-3-2-4-19(23)11-18/h2-4,6-7,9-11,17,20H,5,8,12-15H2,1H3/t17-,20+/m0/s1. The van der Waals surface area contributed by atoms with E-state index in [1.54, 1.807) is 19.2 Å². The quantitative estimate of drug-likeness (QED) is 0.827. The third kappa shape index (κ3) is 3.98. The Morgan fingerprint density at radius 1 is 1.11 bits per heavy atom. The molecule has 27 heavy (non-hydrogen) atoms. The highest BCUT2D eigenvalue weighted by atomic mass is 19.1. The number of hydrogen-bond acceptors (Lipinski definition) is 3. The number of ether oxygens (including phenoxy) is 1. The smallest absolute Gasteiger partial charge is 0.254 e. The Morgan fingerprint density at radius 2 is 1.93 bits per heavy atom. The number of piperidine rings is 1. The van der Waals surface area contributed by atoms with Gasteiger partial charge < -0.3 is 9.64 Å². The summed E-state index contributed by atoms with van der Waals surface area (Å²) in [5.74, 6) is 0.929. The van der Waals surface area contributed by atoms with Crippen LogP contribution in [0.15, 0.2) is 48.5 Å². The van der Waals surface area contributed by atoms with Crippen LogP contribution >= 0.6 is 0 Å². The van der Waals surface area contributed by atoms with Gasteiger partial charge in [-0.2, -0.15) is 0 Å². The van der Waals surface area contributed by atoms with Crippen molar-refractivity contribution in [1.29, 1.82) is 0 Å². The summed E-state index contributed by atoms with van der Waals surface area (Å²) in [4.78, 5) is 17.4. The first kappa shape index (κ1) is 18.0. The highest BCUT2D eigenvalue weighted by Gasteiger charge is 2.37. The number of hydrogen-bond donors (Lipinski definition) is 0. The van der Waals surface area contributed by atoms with Gasteiger partial charge in [-0.3, -0.25) is 9.69 Å². The lowest BCUT2D eigenvalue weighted by Crippen LogP contribution is -2.47. The van der Waals surface area contributed by atoms with Crippen LogP contribution in [0.2, 0.25) is 0 Å². The summed E-state index contributed by atoms with van der Waals surface area (Å²) >= 11 is 0. The Kier molecular flexibility index (Phi) is 5.12. The molecule has 3 heterocycles. The van der Waals surface area contributed by atoms with Gasteiger partial charge >= 0.3 is 0 Å². The molecule has 2 aromatic carbocycles. The Balaban J connectivity index is 1.47. The fraction of sp³-hybridized carbons (Fsp3) is 0.409. The van der Waals surface area contributed by atoms with Gasteiger partial charge in [-0.05, 0) is 54.7 Å². The molecular weight excluding hydrogens is 343 g/mol. The van der Waals surface area contributed by atoms with Crippen LogP contribution in [0.4, 0.5) is 4.39 Å². The van der Waals surface area contributed by atoms with Crippen LogP contribution in [-0.2, 0) is 6.54 Å². The summed E-state index contributed by atoms with van der Waals surface area (Å²) in [5, 5.41) is 0. The molecule has 3 fully saturated rings. The normalized spacial score (nSPS) is 22.5. The number of carbonyl (C=O) groups excluding carboxylic acids is 1. The number of methoxy groups -OCH3 is 1. The minimum atomic E-state index is -0.359. The summed E-state index contributed by atoms with van der Waals surface area (Å²) in [5.41, 5.74) is 1.70. The number of nitrogens with zero attached hydrogens (tertiary/aromatic N) is 2. The molecule has 3 aliphatic rings. The van der Waals surface area contributed by atoms with Gasteiger partial charge in [0.15, 0.2) is 0 Å². The lowest BCUT2D eigenvalue weighted by atomic mass is 9.94. The second-order valence-electron chi connectivity index (χ2n) is 7.61. The van der Waals surface area contributed by atoms with E-state index in [1.165, 1.54) is 17.7 Å². The number of rotatable bonds is 4. The van der Waals surface area contributed by atoms with Crippen molar-refractivity contribution in [1.82, 2.24) is 9.80 Å². The van der Waals surface area contributed by atoms with E-state index in [0.29, 0.717) is 11.5 Å². The van der Waals surface area contributed by atoms with Gasteiger partial charge in [0.2, 0.25) is 0 Å². The van der Waals surface area contributed by atoms with E-state index in [-0.39, 0.29) is 17.8 Å². The molecule has 1 amide bonds. The summed E-state index contributed by atoms with van der Waals surface area (Å²) < 4.78 is 18.8. The van der Waals surface area contributed by atoms with Gasteiger partial charge in [-0.15, -0.1) is 0 Å². The van der Waals surface area contributed by atoms with Crippen LogP contribution in [0.25, 0.3) is 0 Å². The maximum atomic E-state index is 13.5. The molecule has 3 aliphatic heterocycles. The first-order valence-corrected chi connectivity index (χ1v) is 9.54. The van der Waals surface area contributed by atoms with E-state index in [9.17, 15) is 9.18 Å². The molecule has 142 valence electrons. The minimum Gasteiger partial charge on any atom is -0.497 e. The van der Waals surface area contributed by atoms with Crippen LogP contribution in [0.5, 0.6) is 5.75 Å². The van der Waals surface area contributed by atoms with Crippen LogP contribution < -0.4 is 4.74 Å². The number of carbonyl (C=O) groups is 1. The SMILES string of the molecule is COc1ccc(CN2C[C@@H]3CC[C@H](C2)N(C(=O)c2cccc(F)c2)C3)cc1. The van der Waals surface area contributed by atoms with E-state index in [0.717, 1.165) is 44.8 Å². The zero-order valence-corrected chi connectivity index (χ0v) is 15.6. The van der Waals surface area contributed by atoms with Gasteiger partial charge in [0.05, 0.1) is 7.11 Å². The third-order valence-electron chi connectivity index (χ3n) is 5.69. The van der Waals surface area contributed by atoms with E-state index in [4.69, 9.17) is 4.74 Å². The largest absolute Gasteiger partial charge is 0.497 e. The molecule has 0 unspecified atom stereocenters. The lowest BCUT2D eigenvalue weighted by molar-refractivity contribution is 0.0584. The van der Waals surface area contributed by atoms with Crippen molar-refractivity contribution < 1.29 is 13.9 Å². The molecule has 2 atom stereocenters. The summed E-state index contributed by atoms with van der Waals surface area (Å²) in [6.45, 7) is 3.50. The molecule has 2 bridgehead atoms. The highest BCUT2D eigenvalue weighted by molar-refractivity contribution is 5.94. The predicted molar refractivity (Wildman–Crippen MR) is 102 cm³/mol. The van der Waals surface area contributed by atoms with Crippen LogP contribution in [0.1, 0.15) is 28.8 Å². The summed E-state index contributed by atoms with van der Waals surface area (Å²) in [6.07, 6.45) is 2.17. The number of halogens is 1. The summed E-state index contributed by atoms with van der Waals surface area (Å²) in [6, 6.07) is 14.4. The second-order valence-corrected chi connectivity index (χ2v) is 7.61. The molecule has 0 saturated carbocycles. The van der Waals surface area contributed by atoms with Gasteiger partial charge in [0.1, 0.15) is 11.6 Å². The zero-order valence-electron chi connectivity index (χ0n) is 15.6. The molecule has 0 radical (unpaired) electrons. The lowest BCUT2D eigenvalue weighted by Gasteiger charge is -2.36. The minimum absolute atomic E-state index is 0.0458. The van der Waals surface area contributed by atoms with Gasteiger partial charge in [-0.1, -0.05) is 18.2 Å². The molecule has 0 aliphatic carbocycles. The molecule has 5 heteroatoms. The van der Waals surface area contributed by atoms with Crippen LogP contribution in [0, 0.1) is 11.7 Å². The monoisotopic (exact) mass is 368 g/mol. The third-order valence-corrected chi connectivity index (χ3v) is 5.69. The van der Waals surface area contributed by atoms with Gasteiger partial charge in [0.25, 0.3) is 5.91 Å². The number of benzene rings is 2. The molecule has 3 saturated heterocycles. The average Bonchev–Trinajstić information content (AvgIpc) is 2.98. The van der Waals surface area contributed by atoms with E-state index >= 15 is 0 Å². The Hall–Kier alpha value is -2.40. The van der Waals surface area contributed by atoms with Crippen molar-refractivity contribution in [2.45, 2.75) is 25.4 Å². The van der Waals surface area contributed by atoms with Crippen molar-refractivity contribution in [3.05, 3.63) is 65.5 Å². The maximum Gasteiger partial charge on any atom is 0.254 e. The van der Waals surface area contributed by atoms with Crippen molar-refractivity contribution in [3.63, 3.8) is 0 Å². The van der Waals surface area contributed by atoms with E-state index in [2.05, 4.69) is 17.0 Å². The van der Waals surface area contributed by atoms with Gasteiger partial charge in [0, 0.05) is 37.8 Å². The Labute approximate surface area is 159 Å². The molecular formula is C22H25FN2O2. The van der Waals surface area contributed by atoms with Crippen LogP contribution in [0.3, 0.4) is 0 Å². The Bertz CT molecular complexity index is 808. The first-order valence-electron chi connectivity index (χ1n) is 9.54. The number of fused-ring (bicyclic) bond motifs is 4. The van der Waals surface area contributed by atoms with Crippen LogP contribution in [-0.4, -0.2) is 48.5 Å².